The molecule has 3 rings (SSSR count). The predicted octanol–water partition coefficient (Wildman–Crippen LogP) is 4.28. The highest BCUT2D eigenvalue weighted by atomic mass is 16.2. The van der Waals surface area contributed by atoms with Crippen LogP contribution >= 0.6 is 0 Å². The van der Waals surface area contributed by atoms with Gasteiger partial charge in [0.25, 0.3) is 5.91 Å². The second kappa shape index (κ2) is 7.92. The van der Waals surface area contributed by atoms with Gasteiger partial charge in [0.05, 0.1) is 17.9 Å². The largest absolute Gasteiger partial charge is 0.353 e. The molecule has 1 heterocycles. The van der Waals surface area contributed by atoms with Gasteiger partial charge < -0.3 is 9.80 Å². The van der Waals surface area contributed by atoms with E-state index in [2.05, 4.69) is 61.9 Å². The van der Waals surface area contributed by atoms with Gasteiger partial charge in [0.2, 0.25) is 0 Å². The number of carbonyl (C=O) groups is 1. The smallest absolute Gasteiger partial charge is 0.261 e. The molecule has 0 N–H and O–H groups in total. The quantitative estimate of drug-likeness (QED) is 0.777. The third-order valence-electron chi connectivity index (χ3n) is 5.04. The van der Waals surface area contributed by atoms with Crippen molar-refractivity contribution in [1.29, 1.82) is 0 Å². The monoisotopic (exact) mass is 351 g/mol. The van der Waals surface area contributed by atoms with Crippen LogP contribution in [-0.4, -0.2) is 37.6 Å². The third kappa shape index (κ3) is 3.61. The molecule has 0 radical (unpaired) electrons. The summed E-state index contributed by atoms with van der Waals surface area (Å²) in [5, 5.41) is 0. The first kappa shape index (κ1) is 18.5. The van der Waals surface area contributed by atoms with E-state index in [9.17, 15) is 4.79 Å². The number of amides is 1. The second-order valence-corrected chi connectivity index (χ2v) is 7.11. The number of para-hydroxylation sites is 1. The Bertz CT molecular complexity index is 787. The summed E-state index contributed by atoms with van der Waals surface area (Å²) in [6.07, 6.45) is 1.13. The van der Waals surface area contributed by atoms with Crippen LogP contribution in [-0.2, 0) is 6.54 Å². The van der Waals surface area contributed by atoms with Crippen molar-refractivity contribution in [3.05, 3.63) is 59.2 Å². The molecule has 1 aliphatic heterocycles. The third-order valence-corrected chi connectivity index (χ3v) is 5.04. The van der Waals surface area contributed by atoms with E-state index in [1.807, 2.05) is 23.1 Å². The molecule has 0 aliphatic carbocycles. The molecule has 0 bridgehead atoms. The number of nitrogens with zero attached hydrogens (tertiary/aromatic N) is 3. The zero-order valence-electron chi connectivity index (χ0n) is 16.3. The van der Waals surface area contributed by atoms with E-state index in [0.29, 0.717) is 6.67 Å². The fourth-order valence-corrected chi connectivity index (χ4v) is 3.68. The summed E-state index contributed by atoms with van der Waals surface area (Å²) in [5.41, 5.74) is 5.16. The van der Waals surface area contributed by atoms with Crippen LogP contribution in [0, 0.1) is 6.92 Å². The summed E-state index contributed by atoms with van der Waals surface area (Å²) in [7, 11) is 2.13. The Labute approximate surface area is 157 Å². The highest BCUT2D eigenvalue weighted by molar-refractivity contribution is 6.12. The van der Waals surface area contributed by atoms with Crippen LogP contribution in [0.25, 0.3) is 0 Å². The number of benzene rings is 2. The lowest BCUT2D eigenvalue weighted by Crippen LogP contribution is -2.47. The second-order valence-electron chi connectivity index (χ2n) is 7.11. The topological polar surface area (TPSA) is 26.8 Å². The predicted molar refractivity (Wildman–Crippen MR) is 109 cm³/mol. The minimum Gasteiger partial charge on any atom is -0.353 e. The Hall–Kier alpha value is -2.33. The molecule has 4 nitrogen and oxygen atoms in total. The Morgan fingerprint density at radius 2 is 1.85 bits per heavy atom. The lowest BCUT2D eigenvalue weighted by Gasteiger charge is -2.38. The van der Waals surface area contributed by atoms with Gasteiger partial charge in [-0.25, -0.2) is 0 Å². The lowest BCUT2D eigenvalue weighted by molar-refractivity contribution is 0.0982. The van der Waals surface area contributed by atoms with Gasteiger partial charge in [-0.1, -0.05) is 31.2 Å². The van der Waals surface area contributed by atoms with Gasteiger partial charge >= 0.3 is 0 Å². The maximum absolute atomic E-state index is 13.3. The molecular formula is C22H29N3O. The fraction of sp³-hybridized carbons (Fsp3) is 0.409. The van der Waals surface area contributed by atoms with E-state index in [0.717, 1.165) is 48.6 Å². The number of rotatable bonds is 6. The number of hydrogen-bond donors (Lipinski definition) is 0. The average Bonchev–Trinajstić information content (AvgIpc) is 2.63. The molecule has 0 saturated carbocycles. The molecule has 0 atom stereocenters. The van der Waals surface area contributed by atoms with E-state index in [1.54, 1.807) is 0 Å². The van der Waals surface area contributed by atoms with Crippen molar-refractivity contribution in [3.63, 3.8) is 0 Å². The summed E-state index contributed by atoms with van der Waals surface area (Å²) in [6.45, 7) is 9.78. The zero-order valence-corrected chi connectivity index (χ0v) is 16.3. The molecule has 0 fully saturated rings. The Kier molecular flexibility index (Phi) is 5.62. The minimum atomic E-state index is 0.0963. The van der Waals surface area contributed by atoms with Gasteiger partial charge in [0.1, 0.15) is 0 Å². The first-order chi connectivity index (χ1) is 12.5. The van der Waals surface area contributed by atoms with Crippen molar-refractivity contribution >= 4 is 17.3 Å². The number of anilines is 2. The normalized spacial score (nSPS) is 14.1. The molecule has 1 aliphatic rings. The maximum Gasteiger partial charge on any atom is 0.261 e. The van der Waals surface area contributed by atoms with Crippen LogP contribution in [0.15, 0.2) is 42.5 Å². The Morgan fingerprint density at radius 1 is 1.08 bits per heavy atom. The van der Waals surface area contributed by atoms with Crippen LogP contribution in [0.1, 0.15) is 41.8 Å². The van der Waals surface area contributed by atoms with Gasteiger partial charge in [0.15, 0.2) is 0 Å². The fourth-order valence-electron chi connectivity index (χ4n) is 3.68. The number of aryl methyl sites for hydroxylation is 1. The molecule has 138 valence electrons. The van der Waals surface area contributed by atoms with Crippen molar-refractivity contribution in [2.24, 2.45) is 0 Å². The van der Waals surface area contributed by atoms with Crippen LogP contribution in [0.3, 0.4) is 0 Å². The molecule has 2 aromatic rings. The van der Waals surface area contributed by atoms with Gasteiger partial charge in [-0.15, -0.1) is 0 Å². The van der Waals surface area contributed by atoms with Crippen molar-refractivity contribution in [2.75, 3.05) is 36.6 Å². The molecular weight excluding hydrogens is 322 g/mol. The van der Waals surface area contributed by atoms with Crippen molar-refractivity contribution in [1.82, 2.24) is 4.90 Å². The lowest BCUT2D eigenvalue weighted by atomic mass is 10.0. The number of hydrogen-bond acceptors (Lipinski definition) is 3. The minimum absolute atomic E-state index is 0.0963. The molecule has 0 saturated heterocycles. The van der Waals surface area contributed by atoms with Gasteiger partial charge in [0, 0.05) is 18.8 Å². The molecule has 1 amide bonds. The van der Waals surface area contributed by atoms with E-state index in [-0.39, 0.29) is 5.91 Å². The van der Waals surface area contributed by atoms with Crippen LogP contribution in [0.2, 0.25) is 0 Å². The molecule has 26 heavy (non-hydrogen) atoms. The first-order valence-electron chi connectivity index (χ1n) is 9.49. The molecule has 2 aromatic carbocycles. The number of carbonyl (C=O) groups excluding carboxylic acids is 1. The van der Waals surface area contributed by atoms with Crippen LogP contribution < -0.4 is 9.80 Å². The van der Waals surface area contributed by atoms with Crippen LogP contribution in [0.4, 0.5) is 11.4 Å². The summed E-state index contributed by atoms with van der Waals surface area (Å²) in [4.78, 5) is 19.7. The Morgan fingerprint density at radius 3 is 2.54 bits per heavy atom. The summed E-state index contributed by atoms with van der Waals surface area (Å²) in [6, 6.07) is 14.5. The number of fused-ring (bicyclic) bond motifs is 1. The van der Waals surface area contributed by atoms with E-state index >= 15 is 0 Å². The Balaban J connectivity index is 1.97. The van der Waals surface area contributed by atoms with E-state index in [4.69, 9.17) is 0 Å². The summed E-state index contributed by atoms with van der Waals surface area (Å²) in [5.74, 6) is 0.0963. The highest BCUT2D eigenvalue weighted by Crippen LogP contribution is 2.32. The maximum atomic E-state index is 13.3. The van der Waals surface area contributed by atoms with Gasteiger partial charge in [-0.3, -0.25) is 9.69 Å². The van der Waals surface area contributed by atoms with Crippen molar-refractivity contribution in [3.8, 4) is 0 Å². The SMILES string of the molecule is CCCN(C)Cc1ccc2c(c1)C(=O)N(c1ccccc1C)CN2CC. The van der Waals surface area contributed by atoms with Crippen LogP contribution in [0.5, 0.6) is 0 Å². The van der Waals surface area contributed by atoms with Gasteiger partial charge in [-0.2, -0.15) is 0 Å². The summed E-state index contributed by atoms with van der Waals surface area (Å²) >= 11 is 0. The molecule has 0 unspecified atom stereocenters. The highest BCUT2D eigenvalue weighted by Gasteiger charge is 2.30. The first-order valence-corrected chi connectivity index (χ1v) is 9.49. The average molecular weight is 351 g/mol. The molecule has 4 heteroatoms. The van der Waals surface area contributed by atoms with Crippen molar-refractivity contribution in [2.45, 2.75) is 33.7 Å². The van der Waals surface area contributed by atoms with E-state index in [1.165, 1.54) is 5.56 Å². The van der Waals surface area contributed by atoms with Crippen molar-refractivity contribution < 1.29 is 4.79 Å². The van der Waals surface area contributed by atoms with E-state index < -0.39 is 0 Å². The summed E-state index contributed by atoms with van der Waals surface area (Å²) < 4.78 is 0. The molecule has 0 spiro atoms. The zero-order chi connectivity index (χ0) is 18.7. The molecule has 0 aromatic heterocycles. The van der Waals surface area contributed by atoms with Gasteiger partial charge in [-0.05, 0) is 63.2 Å². The standard InChI is InChI=1S/C22H29N3O/c1-5-13-23(4)15-18-11-12-21-19(14-18)22(26)25(16-24(21)6-2)20-10-8-7-9-17(20)3/h7-12,14H,5-6,13,15-16H2,1-4H3.